The molecule has 2 aliphatic rings. The first-order chi connectivity index (χ1) is 10.8. The molecular formula is C18H22FNO3. The zero-order chi connectivity index (χ0) is 16.7. The molecule has 4 nitrogen and oxygen atoms in total. The van der Waals surface area contributed by atoms with E-state index in [1.165, 1.54) is 12.1 Å². The first-order valence-corrected chi connectivity index (χ1v) is 8.12. The molecule has 23 heavy (non-hydrogen) atoms. The predicted octanol–water partition coefficient (Wildman–Crippen LogP) is 2.86. The molecule has 124 valence electrons. The van der Waals surface area contributed by atoms with Crippen molar-refractivity contribution in [1.82, 2.24) is 4.90 Å². The summed E-state index contributed by atoms with van der Waals surface area (Å²) in [5, 5.41) is 9.33. The fraction of sp³-hybridized carbons (Fsp3) is 0.556. The van der Waals surface area contributed by atoms with Gasteiger partial charge >= 0.3 is 5.97 Å². The Morgan fingerprint density at radius 3 is 2.57 bits per heavy atom. The highest BCUT2D eigenvalue weighted by atomic mass is 19.1. The van der Waals surface area contributed by atoms with Gasteiger partial charge in [-0.3, -0.25) is 9.59 Å². The Labute approximate surface area is 135 Å². The molecular weight excluding hydrogens is 297 g/mol. The summed E-state index contributed by atoms with van der Waals surface area (Å²) in [7, 11) is 0. The second kappa shape index (κ2) is 5.62. The molecule has 3 rings (SSSR count). The first-order valence-electron chi connectivity index (χ1n) is 8.12. The lowest BCUT2D eigenvalue weighted by Gasteiger charge is -2.43. The number of aliphatic carboxylic acids is 1. The average Bonchev–Trinajstić information content (AvgIpc) is 2.86. The van der Waals surface area contributed by atoms with Crippen molar-refractivity contribution in [1.29, 1.82) is 0 Å². The van der Waals surface area contributed by atoms with Gasteiger partial charge in [-0.25, -0.2) is 4.39 Å². The van der Waals surface area contributed by atoms with Crippen LogP contribution in [-0.2, 0) is 16.0 Å². The molecule has 1 amide bonds. The van der Waals surface area contributed by atoms with E-state index in [4.69, 9.17) is 0 Å². The maximum absolute atomic E-state index is 13.4. The molecule has 0 bridgehead atoms. The summed E-state index contributed by atoms with van der Waals surface area (Å²) in [5.74, 6) is -1.09. The van der Waals surface area contributed by atoms with Crippen molar-refractivity contribution in [2.45, 2.75) is 39.0 Å². The normalized spacial score (nSPS) is 25.9. The van der Waals surface area contributed by atoms with Gasteiger partial charge in [0.1, 0.15) is 5.82 Å². The van der Waals surface area contributed by atoms with Crippen LogP contribution in [0.1, 0.15) is 38.2 Å². The molecule has 1 heterocycles. The maximum Gasteiger partial charge on any atom is 0.311 e. The molecule has 2 fully saturated rings. The van der Waals surface area contributed by atoms with Gasteiger partial charge in [-0.1, -0.05) is 18.6 Å². The molecule has 0 spiro atoms. The van der Waals surface area contributed by atoms with Crippen LogP contribution in [0.4, 0.5) is 4.39 Å². The summed E-state index contributed by atoms with van der Waals surface area (Å²) in [6.07, 6.45) is 3.60. The highest BCUT2D eigenvalue weighted by molar-refractivity contribution is 5.86. The number of carboxylic acid groups (broad SMARTS) is 1. The van der Waals surface area contributed by atoms with Gasteiger partial charge in [0.2, 0.25) is 5.91 Å². The highest BCUT2D eigenvalue weighted by Gasteiger charge is 2.50. The van der Waals surface area contributed by atoms with E-state index in [1.54, 1.807) is 17.9 Å². The summed E-state index contributed by atoms with van der Waals surface area (Å²) < 4.78 is 13.4. The topological polar surface area (TPSA) is 57.6 Å². The van der Waals surface area contributed by atoms with E-state index in [9.17, 15) is 19.1 Å². The molecule has 1 N–H and O–H groups in total. The Hall–Kier alpha value is -1.91. The third-order valence-electron chi connectivity index (χ3n) is 5.47. The van der Waals surface area contributed by atoms with Gasteiger partial charge in [-0.2, -0.15) is 0 Å². The van der Waals surface area contributed by atoms with Crippen molar-refractivity contribution in [3.63, 3.8) is 0 Å². The number of nitrogens with zero attached hydrogens (tertiary/aromatic N) is 1. The smallest absolute Gasteiger partial charge is 0.311 e. The number of benzene rings is 1. The molecule has 1 saturated carbocycles. The van der Waals surface area contributed by atoms with Gasteiger partial charge < -0.3 is 10.0 Å². The molecule has 1 aromatic carbocycles. The van der Waals surface area contributed by atoms with Crippen LogP contribution in [0.5, 0.6) is 0 Å². The van der Waals surface area contributed by atoms with Gasteiger partial charge in [0.15, 0.2) is 0 Å². The lowest BCUT2D eigenvalue weighted by Crippen LogP contribution is -2.49. The van der Waals surface area contributed by atoms with E-state index < -0.39 is 16.8 Å². The van der Waals surface area contributed by atoms with Gasteiger partial charge in [-0.05, 0) is 50.3 Å². The van der Waals surface area contributed by atoms with Crippen molar-refractivity contribution in [3.05, 3.63) is 35.6 Å². The molecule has 1 atom stereocenters. The largest absolute Gasteiger partial charge is 0.481 e. The summed E-state index contributed by atoms with van der Waals surface area (Å²) in [6.45, 7) is 2.46. The van der Waals surface area contributed by atoms with Crippen molar-refractivity contribution in [2.24, 2.45) is 10.8 Å². The molecule has 1 aliphatic carbocycles. The van der Waals surface area contributed by atoms with Crippen molar-refractivity contribution >= 4 is 11.9 Å². The highest BCUT2D eigenvalue weighted by Crippen LogP contribution is 2.46. The maximum atomic E-state index is 13.4. The van der Waals surface area contributed by atoms with E-state index in [0.717, 1.165) is 24.8 Å². The number of amides is 1. The standard InChI is InChI=1S/C18H22FNO3/c1-17(16(22)23)8-9-20(12-17)15(21)18(6-3-7-18)11-13-4-2-5-14(19)10-13/h2,4-5,10H,3,6-9,11-12H2,1H3,(H,22,23). The fourth-order valence-electron chi connectivity index (χ4n) is 3.75. The van der Waals surface area contributed by atoms with E-state index in [0.29, 0.717) is 19.4 Å². The van der Waals surface area contributed by atoms with E-state index in [1.807, 2.05) is 6.07 Å². The van der Waals surface area contributed by atoms with Crippen LogP contribution in [0.3, 0.4) is 0 Å². The minimum atomic E-state index is -0.848. The molecule has 0 radical (unpaired) electrons. The summed E-state index contributed by atoms with van der Waals surface area (Å²) in [4.78, 5) is 26.1. The zero-order valence-corrected chi connectivity index (χ0v) is 13.3. The Morgan fingerprint density at radius 1 is 1.30 bits per heavy atom. The van der Waals surface area contributed by atoms with E-state index >= 15 is 0 Å². The molecule has 1 aliphatic heterocycles. The quantitative estimate of drug-likeness (QED) is 0.928. The summed E-state index contributed by atoms with van der Waals surface area (Å²) >= 11 is 0. The van der Waals surface area contributed by atoms with E-state index in [2.05, 4.69) is 0 Å². The van der Waals surface area contributed by atoms with Crippen LogP contribution in [-0.4, -0.2) is 35.0 Å². The van der Waals surface area contributed by atoms with Crippen molar-refractivity contribution < 1.29 is 19.1 Å². The monoisotopic (exact) mass is 319 g/mol. The average molecular weight is 319 g/mol. The number of carbonyl (C=O) groups is 2. The number of carbonyl (C=O) groups excluding carboxylic acids is 1. The Morgan fingerprint density at radius 2 is 2.04 bits per heavy atom. The van der Waals surface area contributed by atoms with Crippen LogP contribution < -0.4 is 0 Å². The molecule has 1 aromatic rings. The van der Waals surface area contributed by atoms with Crippen LogP contribution >= 0.6 is 0 Å². The minimum absolute atomic E-state index is 0.0398. The third kappa shape index (κ3) is 2.84. The van der Waals surface area contributed by atoms with Crippen molar-refractivity contribution in [2.75, 3.05) is 13.1 Å². The molecule has 0 aromatic heterocycles. The number of halogens is 1. The van der Waals surface area contributed by atoms with Crippen LogP contribution in [0.25, 0.3) is 0 Å². The lowest BCUT2D eigenvalue weighted by atomic mass is 9.64. The second-order valence-corrected chi connectivity index (χ2v) is 7.28. The van der Waals surface area contributed by atoms with Crippen LogP contribution in [0.2, 0.25) is 0 Å². The minimum Gasteiger partial charge on any atom is -0.481 e. The fourth-order valence-corrected chi connectivity index (χ4v) is 3.75. The number of hydrogen-bond donors (Lipinski definition) is 1. The Bertz CT molecular complexity index is 641. The molecule has 1 unspecified atom stereocenters. The Balaban J connectivity index is 1.76. The molecule has 5 heteroatoms. The van der Waals surface area contributed by atoms with Crippen molar-refractivity contribution in [3.8, 4) is 0 Å². The number of rotatable bonds is 4. The van der Waals surface area contributed by atoms with Gasteiger partial charge in [0.25, 0.3) is 0 Å². The number of likely N-dealkylation sites (tertiary alicyclic amines) is 1. The Kier molecular flexibility index (Phi) is 3.90. The predicted molar refractivity (Wildman–Crippen MR) is 83.3 cm³/mol. The SMILES string of the molecule is CC1(C(=O)O)CCN(C(=O)C2(Cc3cccc(F)c3)CCC2)C1. The second-order valence-electron chi connectivity index (χ2n) is 7.28. The summed E-state index contributed by atoms with van der Waals surface area (Å²) in [6, 6.07) is 6.40. The molecule has 1 saturated heterocycles. The number of carboxylic acids is 1. The van der Waals surface area contributed by atoms with E-state index in [-0.39, 0.29) is 18.3 Å². The van der Waals surface area contributed by atoms with Crippen LogP contribution in [0.15, 0.2) is 24.3 Å². The van der Waals surface area contributed by atoms with Gasteiger partial charge in [0, 0.05) is 13.1 Å². The summed E-state index contributed by atoms with van der Waals surface area (Å²) in [5.41, 5.74) is -0.491. The third-order valence-corrected chi connectivity index (χ3v) is 5.47. The van der Waals surface area contributed by atoms with Gasteiger partial charge in [0.05, 0.1) is 10.8 Å². The lowest BCUT2D eigenvalue weighted by molar-refractivity contribution is -0.150. The van der Waals surface area contributed by atoms with Gasteiger partial charge in [-0.15, -0.1) is 0 Å². The van der Waals surface area contributed by atoms with Crippen LogP contribution in [0, 0.1) is 16.6 Å². The number of hydrogen-bond acceptors (Lipinski definition) is 2. The zero-order valence-electron chi connectivity index (χ0n) is 13.3. The first kappa shape index (κ1) is 16.0.